The number of aliphatic hydroxyl groups is 27. The molecule has 690 valence electrons. The molecular formula is C69H121NO48. The largest absolute Gasteiger partial charge is 0.477 e. The molecule has 0 aliphatic carbocycles. The molecule has 0 bridgehead atoms. The van der Waals surface area contributed by atoms with Crippen LogP contribution in [0.3, 0.4) is 0 Å². The average Bonchev–Trinajstić information content (AvgIpc) is 0.774. The number of carboxylic acid groups (broad SMARTS) is 1. The molecule has 0 saturated carbocycles. The van der Waals surface area contributed by atoms with E-state index in [0.29, 0.717) is 0 Å². The normalized spacial score (nSPS) is 48.9. The third kappa shape index (κ3) is 21.5. The van der Waals surface area contributed by atoms with Gasteiger partial charge in [-0.3, -0.25) is 0 Å². The maximum Gasteiger partial charge on any atom is 0.364 e. The molecule has 9 fully saturated rings. The van der Waals surface area contributed by atoms with Crippen molar-refractivity contribution in [3.8, 4) is 0 Å². The topological polar surface area (TPSA) is 785 Å². The van der Waals surface area contributed by atoms with Gasteiger partial charge in [0.05, 0.1) is 121 Å². The van der Waals surface area contributed by atoms with Crippen molar-refractivity contribution >= 4 is 5.97 Å². The molecule has 0 radical (unpaired) electrons. The Labute approximate surface area is 673 Å². The van der Waals surface area contributed by atoms with Crippen molar-refractivity contribution in [3.63, 3.8) is 0 Å². The van der Waals surface area contributed by atoms with Crippen molar-refractivity contribution in [3.05, 3.63) is 0 Å². The Morgan fingerprint density at radius 2 is 0.788 bits per heavy atom. The SMILES string of the molecule is CC1C(O)[C@H](O[C@@H]2OC(CO[C@]3(C(=O)O)C[C@@H](O)[C@@H](N)C([C@H](O)[C@H](O)CO)O3)[C@H](O)C(O)[C@@H]2O)[C@H](CO)O[C@H]1O[C@@H]1C(O)[C@H](O)C(CO)O[C@@H]1OCC(O[C@H](CO)O[C@@H]1C(CO)O[C@@H](O[C@@H]2C(CO)O[C@@H](C)[C@@H](C)C2O)[C@@H](C)C1O)[C@@H](O)[C@@H](C)O[C@H]1O[C@H](CO)[C@@H](O)C(O)C1O[C@@H]1OC(CO)[C@@H](O[C@@H]2OC(CO)[C@H](O)C(O)[C@@H]2O)C(O)[C@@H]1C. The van der Waals surface area contributed by atoms with Crippen molar-refractivity contribution in [2.45, 2.75) is 330 Å². The number of nitrogens with two attached hydrogens (primary N) is 1. The highest BCUT2D eigenvalue weighted by atomic mass is 16.8. The zero-order chi connectivity index (χ0) is 87.3. The zero-order valence-corrected chi connectivity index (χ0v) is 65.0. The van der Waals surface area contributed by atoms with Crippen LogP contribution in [-0.2, 0) is 94.8 Å². The second-order valence-corrected chi connectivity index (χ2v) is 31.4. The van der Waals surface area contributed by atoms with Crippen molar-refractivity contribution in [2.75, 3.05) is 72.7 Å². The molecule has 0 aromatic carbocycles. The summed E-state index contributed by atoms with van der Waals surface area (Å²) in [5, 5.41) is 307. The highest BCUT2D eigenvalue weighted by molar-refractivity contribution is 5.76. The van der Waals surface area contributed by atoms with E-state index in [1.165, 1.54) is 20.8 Å². The molecule has 9 aliphatic heterocycles. The number of hydrogen-bond acceptors (Lipinski definition) is 48. The molecular weight excluding hydrogens is 1610 g/mol. The molecule has 0 spiro atoms. The van der Waals surface area contributed by atoms with Gasteiger partial charge in [0.15, 0.2) is 50.3 Å². The summed E-state index contributed by atoms with van der Waals surface area (Å²) in [6, 6.07) is -1.57. The number of aliphatic carboxylic acids is 1. The quantitative estimate of drug-likeness (QED) is 0.0259. The number of carboxylic acids is 1. The molecule has 9 saturated heterocycles. The number of aliphatic hydroxyl groups excluding tert-OH is 27. The first-order valence-electron chi connectivity index (χ1n) is 38.9. The van der Waals surface area contributed by atoms with E-state index in [1.54, 1.807) is 13.8 Å². The number of hydrogen-bond donors (Lipinski definition) is 29. The second-order valence-electron chi connectivity index (χ2n) is 31.4. The van der Waals surface area contributed by atoms with Gasteiger partial charge in [-0.05, 0) is 13.8 Å². The average molecular weight is 1730 g/mol. The first-order valence-corrected chi connectivity index (χ1v) is 38.9. The fourth-order valence-corrected chi connectivity index (χ4v) is 15.5. The molecule has 30 N–H and O–H groups in total. The lowest BCUT2D eigenvalue weighted by Gasteiger charge is -2.49. The lowest BCUT2D eigenvalue weighted by Crippen LogP contribution is -2.67. The Balaban J connectivity index is 0.956. The summed E-state index contributed by atoms with van der Waals surface area (Å²) >= 11 is 0. The van der Waals surface area contributed by atoms with Gasteiger partial charge in [-0.25, -0.2) is 4.79 Å². The van der Waals surface area contributed by atoms with E-state index in [0.717, 1.165) is 6.92 Å². The molecule has 9 aliphatic rings. The summed E-state index contributed by atoms with van der Waals surface area (Å²) in [5.74, 6) is -9.30. The lowest BCUT2D eigenvalue weighted by atomic mass is 9.88. The molecule has 0 amide bonds. The monoisotopic (exact) mass is 1730 g/mol. The van der Waals surface area contributed by atoms with Gasteiger partial charge in [-0.15, -0.1) is 0 Å². The zero-order valence-electron chi connectivity index (χ0n) is 65.0. The van der Waals surface area contributed by atoms with E-state index >= 15 is 0 Å². The van der Waals surface area contributed by atoms with Crippen LogP contribution >= 0.6 is 0 Å². The molecule has 118 heavy (non-hydrogen) atoms. The van der Waals surface area contributed by atoms with Crippen LogP contribution in [0.2, 0.25) is 0 Å². The van der Waals surface area contributed by atoms with Crippen molar-refractivity contribution < 1.29 is 238 Å². The molecule has 49 heteroatoms. The Morgan fingerprint density at radius 3 is 1.24 bits per heavy atom. The first kappa shape index (κ1) is 99.4. The van der Waals surface area contributed by atoms with E-state index < -0.39 is 391 Å². The lowest BCUT2D eigenvalue weighted by molar-refractivity contribution is -0.385. The van der Waals surface area contributed by atoms with Crippen molar-refractivity contribution in [1.29, 1.82) is 0 Å². The van der Waals surface area contributed by atoms with E-state index in [1.807, 2.05) is 0 Å². The minimum atomic E-state index is -2.94. The summed E-state index contributed by atoms with van der Waals surface area (Å²) in [4.78, 5) is 12.8. The van der Waals surface area contributed by atoms with Crippen LogP contribution in [0.15, 0.2) is 0 Å². The van der Waals surface area contributed by atoms with Gasteiger partial charge in [0.25, 0.3) is 5.79 Å². The predicted octanol–water partition coefficient (Wildman–Crippen LogP) is -16.8. The standard InChI is InChI=1S/C69H121NO48/c1-19-23(5)102-30(12-75)55(38(19)82)113-61-20(2)39(83)54(31(13-76)108-61)112-36(16-79)104-34(42(86)24(6)103-67-60(51(95)46(90)29(11-74)107-67)117-63-22(4)41(85)56(32(14-77)110-63)114-64-52(96)48(92)44(88)27(9-72)105-64)17-100-66-59(50(94)45(89)28(10-73)106-66)116-62-21(3)40(84)57(33(15-78)109-62)115-65-53(97)49(93)47(91)35(111-65)18-101-69(68(98)99)7-25(80)37(70)58(118-69)43(87)26(81)8-71/h19-67,71-97H,7-18,70H2,1-6H3,(H,98,99)/t19-,20+,21?,22+,23+,24-,25-,26-,27?,28?,29-,30?,31?,32?,33+,34?,35?,36+,37-,38?,39?,40?,41?,42+,43-,44+,45-,46-,47+,48?,49?,50?,51?,52+,53+,54-,55-,56-,57-,58?,59-,60?,61+,62+,63+,64+,65+,66+,67+,69-/m1/s1. The van der Waals surface area contributed by atoms with Crippen molar-refractivity contribution in [1.82, 2.24) is 0 Å². The number of ether oxygens (including phenoxy) is 19. The highest BCUT2D eigenvalue weighted by Gasteiger charge is 2.60. The smallest absolute Gasteiger partial charge is 0.364 e. The van der Waals surface area contributed by atoms with Crippen molar-refractivity contribution in [2.24, 2.45) is 29.4 Å². The number of rotatable bonds is 36. The van der Waals surface area contributed by atoms with E-state index in [4.69, 9.17) is 95.7 Å². The summed E-state index contributed by atoms with van der Waals surface area (Å²) in [6.07, 6.45) is -81.4. The van der Waals surface area contributed by atoms with Gasteiger partial charge in [0.2, 0.25) is 0 Å². The fraction of sp³-hybridized carbons (Fsp3) is 0.986. The summed E-state index contributed by atoms with van der Waals surface area (Å²) in [7, 11) is 0. The second kappa shape index (κ2) is 43.4. The molecule has 49 nitrogen and oxygen atoms in total. The maximum atomic E-state index is 12.8. The highest BCUT2D eigenvalue weighted by Crippen LogP contribution is 2.42. The molecule has 9 heterocycles. The van der Waals surface area contributed by atoms with Crippen LogP contribution in [0.1, 0.15) is 48.0 Å². The summed E-state index contributed by atoms with van der Waals surface area (Å²) < 4.78 is 113. The summed E-state index contributed by atoms with van der Waals surface area (Å²) in [5.41, 5.74) is 5.96. The minimum Gasteiger partial charge on any atom is -0.477 e. The van der Waals surface area contributed by atoms with E-state index in [9.17, 15) is 148 Å². The van der Waals surface area contributed by atoms with Crippen LogP contribution < -0.4 is 5.73 Å². The van der Waals surface area contributed by atoms with Gasteiger partial charge in [0.1, 0.15) is 177 Å². The Hall–Kier alpha value is -2.41. The maximum absolute atomic E-state index is 12.8. The Morgan fingerprint density at radius 1 is 0.415 bits per heavy atom. The van der Waals surface area contributed by atoms with Gasteiger partial charge in [0, 0.05) is 30.1 Å². The van der Waals surface area contributed by atoms with Gasteiger partial charge >= 0.3 is 5.97 Å². The molecule has 50 atom stereocenters. The molecule has 18 unspecified atom stereocenters. The van der Waals surface area contributed by atoms with Crippen LogP contribution in [0.5, 0.6) is 0 Å². The molecule has 0 aromatic rings. The van der Waals surface area contributed by atoms with E-state index in [2.05, 4.69) is 0 Å². The third-order valence-electron chi connectivity index (χ3n) is 23.4. The van der Waals surface area contributed by atoms with Crippen LogP contribution in [0.4, 0.5) is 0 Å². The minimum absolute atomic E-state index is 0.533. The number of carbonyl (C=O) groups is 1. The van der Waals surface area contributed by atoms with Gasteiger partial charge in [-0.1, -0.05) is 27.7 Å². The van der Waals surface area contributed by atoms with Crippen LogP contribution in [0.25, 0.3) is 0 Å². The molecule has 9 rings (SSSR count). The first-order chi connectivity index (χ1) is 55.7. The van der Waals surface area contributed by atoms with Gasteiger partial charge < -0.3 is 239 Å². The van der Waals surface area contributed by atoms with E-state index in [-0.39, 0.29) is 0 Å². The van der Waals surface area contributed by atoms with Gasteiger partial charge in [-0.2, -0.15) is 0 Å². The van der Waals surface area contributed by atoms with Crippen LogP contribution in [-0.4, -0.2) is 504 Å². The third-order valence-corrected chi connectivity index (χ3v) is 23.4. The fourth-order valence-electron chi connectivity index (χ4n) is 15.5. The van der Waals surface area contributed by atoms with Crippen LogP contribution in [0, 0.1) is 23.7 Å². The molecule has 0 aromatic heterocycles. The Kier molecular flexibility index (Phi) is 36.5. The Bertz CT molecular complexity index is 2990. The predicted molar refractivity (Wildman–Crippen MR) is 372 cm³/mol. The summed E-state index contributed by atoms with van der Waals surface area (Å²) in [6.45, 7) is -2.56.